The first-order chi connectivity index (χ1) is 8.95. The minimum atomic E-state index is -0.616. The van der Waals surface area contributed by atoms with Gasteiger partial charge in [-0.1, -0.05) is 6.07 Å². The van der Waals surface area contributed by atoms with Crippen LogP contribution in [0.4, 0.5) is 0 Å². The summed E-state index contributed by atoms with van der Waals surface area (Å²) < 4.78 is 1.87. The quantitative estimate of drug-likeness (QED) is 0.858. The first-order valence-corrected chi connectivity index (χ1v) is 6.25. The number of carbonyl (C=O) groups is 1. The molecule has 0 saturated heterocycles. The van der Waals surface area contributed by atoms with Crippen molar-refractivity contribution >= 4 is 11.6 Å². The largest absolute Gasteiger partial charge is 0.345 e. The molecule has 2 aromatic rings. The predicted molar refractivity (Wildman–Crippen MR) is 72.7 cm³/mol. The number of aromatic nitrogens is 3. The molecule has 0 aromatic carbocycles. The van der Waals surface area contributed by atoms with Crippen LogP contribution in [0.2, 0.25) is 0 Å². The molecule has 1 amide bonds. The Morgan fingerprint density at radius 1 is 1.37 bits per heavy atom. The Morgan fingerprint density at radius 2 is 2.11 bits per heavy atom. The molecule has 102 valence electrons. The van der Waals surface area contributed by atoms with Gasteiger partial charge in [0.2, 0.25) is 5.91 Å². The molecule has 0 bridgehead atoms. The van der Waals surface area contributed by atoms with Gasteiger partial charge in [0.05, 0.1) is 11.6 Å². The fourth-order valence-electron chi connectivity index (χ4n) is 1.71. The number of fused-ring (bicyclic) bond motifs is 1. The van der Waals surface area contributed by atoms with Crippen molar-refractivity contribution in [2.24, 2.45) is 0 Å². The minimum absolute atomic E-state index is 0.0739. The molecule has 2 heterocycles. The van der Waals surface area contributed by atoms with E-state index in [2.05, 4.69) is 20.8 Å². The molecule has 0 fully saturated rings. The third kappa shape index (κ3) is 2.58. The van der Waals surface area contributed by atoms with Gasteiger partial charge in [0, 0.05) is 6.20 Å². The van der Waals surface area contributed by atoms with Gasteiger partial charge in [0.25, 0.3) is 0 Å². The SMILES string of the molecule is CNC(C)(C)C(=O)NC(C)c1nnc2ccccn12. The smallest absolute Gasteiger partial charge is 0.240 e. The number of likely N-dealkylation sites (N-methyl/N-ethyl adjacent to an activating group) is 1. The van der Waals surface area contributed by atoms with Crippen LogP contribution in [0.25, 0.3) is 5.65 Å². The highest BCUT2D eigenvalue weighted by Crippen LogP contribution is 2.13. The van der Waals surface area contributed by atoms with Crippen molar-refractivity contribution in [1.29, 1.82) is 0 Å². The standard InChI is InChI=1S/C13H19N5O/c1-9(15-12(19)13(2,3)14-4)11-17-16-10-7-5-6-8-18(10)11/h5-9,14H,1-4H3,(H,15,19). The summed E-state index contributed by atoms with van der Waals surface area (Å²) in [5, 5.41) is 14.1. The highest BCUT2D eigenvalue weighted by Gasteiger charge is 2.27. The molecule has 19 heavy (non-hydrogen) atoms. The lowest BCUT2D eigenvalue weighted by molar-refractivity contribution is -0.127. The van der Waals surface area contributed by atoms with Crippen LogP contribution in [-0.4, -0.2) is 33.1 Å². The second-order valence-corrected chi connectivity index (χ2v) is 5.06. The van der Waals surface area contributed by atoms with Crippen LogP contribution in [0.15, 0.2) is 24.4 Å². The highest BCUT2D eigenvalue weighted by atomic mass is 16.2. The lowest BCUT2D eigenvalue weighted by atomic mass is 10.0. The summed E-state index contributed by atoms with van der Waals surface area (Å²) in [6.07, 6.45) is 1.89. The van der Waals surface area contributed by atoms with Crippen molar-refractivity contribution in [2.45, 2.75) is 32.4 Å². The molecule has 1 atom stereocenters. The zero-order chi connectivity index (χ0) is 14.0. The van der Waals surface area contributed by atoms with Gasteiger partial charge in [-0.05, 0) is 40.0 Å². The van der Waals surface area contributed by atoms with Crippen LogP contribution < -0.4 is 10.6 Å². The van der Waals surface area contributed by atoms with E-state index in [0.29, 0.717) is 0 Å². The molecule has 0 saturated carbocycles. The third-order valence-corrected chi connectivity index (χ3v) is 3.27. The highest BCUT2D eigenvalue weighted by molar-refractivity contribution is 5.85. The third-order valence-electron chi connectivity index (χ3n) is 3.27. The molecular formula is C13H19N5O. The summed E-state index contributed by atoms with van der Waals surface area (Å²) >= 11 is 0. The Labute approximate surface area is 112 Å². The summed E-state index contributed by atoms with van der Waals surface area (Å²) in [5.41, 5.74) is 0.154. The Morgan fingerprint density at radius 3 is 2.79 bits per heavy atom. The summed E-state index contributed by atoms with van der Waals surface area (Å²) in [4.78, 5) is 12.1. The van der Waals surface area contributed by atoms with E-state index in [1.807, 2.05) is 49.6 Å². The lowest BCUT2D eigenvalue weighted by Crippen LogP contribution is -2.51. The number of nitrogens with one attached hydrogen (secondary N) is 2. The van der Waals surface area contributed by atoms with Gasteiger partial charge in [-0.25, -0.2) is 0 Å². The average molecular weight is 261 g/mol. The molecule has 6 heteroatoms. The maximum atomic E-state index is 12.1. The van der Waals surface area contributed by atoms with Crippen LogP contribution in [0.3, 0.4) is 0 Å². The Bertz CT molecular complexity index is 589. The molecular weight excluding hydrogens is 242 g/mol. The molecule has 0 spiro atoms. The van der Waals surface area contributed by atoms with E-state index in [1.54, 1.807) is 7.05 Å². The molecule has 1 unspecified atom stereocenters. The van der Waals surface area contributed by atoms with E-state index in [4.69, 9.17) is 0 Å². The number of pyridine rings is 1. The molecule has 2 N–H and O–H groups in total. The number of rotatable bonds is 4. The van der Waals surface area contributed by atoms with Crippen LogP contribution in [-0.2, 0) is 4.79 Å². The topological polar surface area (TPSA) is 71.3 Å². The van der Waals surface area contributed by atoms with Crippen LogP contribution >= 0.6 is 0 Å². The van der Waals surface area contributed by atoms with Gasteiger partial charge >= 0.3 is 0 Å². The summed E-state index contributed by atoms with van der Waals surface area (Å²) in [5.74, 6) is 0.644. The molecule has 2 aromatic heterocycles. The lowest BCUT2D eigenvalue weighted by Gasteiger charge is -2.24. The second-order valence-electron chi connectivity index (χ2n) is 5.06. The van der Waals surface area contributed by atoms with Crippen molar-refractivity contribution in [3.63, 3.8) is 0 Å². The van der Waals surface area contributed by atoms with Crippen molar-refractivity contribution in [2.75, 3.05) is 7.05 Å². The van der Waals surface area contributed by atoms with Gasteiger partial charge in [-0.3, -0.25) is 9.20 Å². The number of amides is 1. The normalized spacial score (nSPS) is 13.5. The Balaban J connectivity index is 2.21. The van der Waals surface area contributed by atoms with E-state index < -0.39 is 5.54 Å². The van der Waals surface area contributed by atoms with E-state index >= 15 is 0 Å². The predicted octanol–water partition coefficient (Wildman–Crippen LogP) is 0.904. The number of carbonyl (C=O) groups excluding carboxylic acids is 1. The van der Waals surface area contributed by atoms with Crippen molar-refractivity contribution < 1.29 is 4.79 Å². The monoisotopic (exact) mass is 261 g/mol. The average Bonchev–Trinajstić information content (AvgIpc) is 2.82. The van der Waals surface area contributed by atoms with Crippen LogP contribution in [0.1, 0.15) is 32.6 Å². The fourth-order valence-corrected chi connectivity index (χ4v) is 1.71. The zero-order valence-corrected chi connectivity index (χ0v) is 11.6. The van der Waals surface area contributed by atoms with E-state index in [-0.39, 0.29) is 11.9 Å². The van der Waals surface area contributed by atoms with Crippen LogP contribution in [0.5, 0.6) is 0 Å². The van der Waals surface area contributed by atoms with Gasteiger partial charge in [0.1, 0.15) is 0 Å². The Kier molecular flexibility index (Phi) is 3.53. The summed E-state index contributed by atoms with van der Waals surface area (Å²) in [6.45, 7) is 5.56. The molecule has 0 aliphatic carbocycles. The number of hydrogen-bond acceptors (Lipinski definition) is 4. The first kappa shape index (κ1) is 13.5. The number of nitrogens with zero attached hydrogens (tertiary/aromatic N) is 3. The molecule has 2 rings (SSSR count). The van der Waals surface area contributed by atoms with Crippen molar-refractivity contribution in [1.82, 2.24) is 25.2 Å². The van der Waals surface area contributed by atoms with Crippen LogP contribution in [0, 0.1) is 0 Å². The first-order valence-electron chi connectivity index (χ1n) is 6.25. The summed E-state index contributed by atoms with van der Waals surface area (Å²) in [6, 6.07) is 5.48. The van der Waals surface area contributed by atoms with Gasteiger partial charge in [-0.2, -0.15) is 0 Å². The van der Waals surface area contributed by atoms with Crippen molar-refractivity contribution in [3.05, 3.63) is 30.2 Å². The van der Waals surface area contributed by atoms with E-state index in [0.717, 1.165) is 11.5 Å². The number of hydrogen-bond donors (Lipinski definition) is 2. The zero-order valence-electron chi connectivity index (χ0n) is 11.6. The van der Waals surface area contributed by atoms with E-state index in [9.17, 15) is 4.79 Å². The van der Waals surface area contributed by atoms with Gasteiger partial charge in [0.15, 0.2) is 11.5 Å². The summed E-state index contributed by atoms with van der Waals surface area (Å²) in [7, 11) is 1.76. The van der Waals surface area contributed by atoms with Crippen molar-refractivity contribution in [3.8, 4) is 0 Å². The Hall–Kier alpha value is -1.95. The molecule has 0 aliphatic heterocycles. The maximum Gasteiger partial charge on any atom is 0.240 e. The minimum Gasteiger partial charge on any atom is -0.345 e. The second kappa shape index (κ2) is 4.97. The molecule has 0 aliphatic rings. The van der Waals surface area contributed by atoms with Gasteiger partial charge < -0.3 is 10.6 Å². The molecule has 6 nitrogen and oxygen atoms in total. The maximum absolute atomic E-state index is 12.1. The van der Waals surface area contributed by atoms with E-state index in [1.165, 1.54) is 0 Å². The molecule has 0 radical (unpaired) electrons. The van der Waals surface area contributed by atoms with Gasteiger partial charge in [-0.15, -0.1) is 10.2 Å². The fraction of sp³-hybridized carbons (Fsp3) is 0.462.